The number of para-hydroxylation sites is 2. The molecule has 0 aliphatic carbocycles. The van der Waals surface area contributed by atoms with Crippen LogP contribution in [0.2, 0.25) is 0 Å². The molecule has 1 amide bonds. The zero-order chi connectivity index (χ0) is 12.5. The summed E-state index contributed by atoms with van der Waals surface area (Å²) < 4.78 is 0. The van der Waals surface area contributed by atoms with Gasteiger partial charge in [-0.3, -0.25) is 4.79 Å². The Hall–Kier alpha value is -2.80. The largest absolute Gasteiger partial charge is 0.353 e. The average molecular weight is 235 g/mol. The standard InChI is InChI=1S/C14H9N3O/c15-8-9-5-6-11-10(7-9)14(18)17-13-4-2-1-3-12(13)16-11/h1-7,16H,(H,17,18). The van der Waals surface area contributed by atoms with Crippen molar-refractivity contribution in [1.29, 1.82) is 5.26 Å². The Kier molecular flexibility index (Phi) is 2.24. The third-order valence-electron chi connectivity index (χ3n) is 2.84. The van der Waals surface area contributed by atoms with Gasteiger partial charge in [0.25, 0.3) is 5.91 Å². The monoisotopic (exact) mass is 235 g/mol. The third kappa shape index (κ3) is 1.59. The normalized spacial score (nSPS) is 12.3. The average Bonchev–Trinajstić information content (AvgIpc) is 2.54. The van der Waals surface area contributed by atoms with Gasteiger partial charge in [0.15, 0.2) is 0 Å². The maximum atomic E-state index is 12.1. The van der Waals surface area contributed by atoms with Crippen LogP contribution in [0.15, 0.2) is 42.5 Å². The summed E-state index contributed by atoms with van der Waals surface area (Å²) in [6.45, 7) is 0. The van der Waals surface area contributed by atoms with Gasteiger partial charge in [-0.15, -0.1) is 0 Å². The summed E-state index contributed by atoms with van der Waals surface area (Å²) in [5, 5.41) is 14.9. The molecule has 0 spiro atoms. The van der Waals surface area contributed by atoms with Gasteiger partial charge in [-0.2, -0.15) is 5.26 Å². The van der Waals surface area contributed by atoms with E-state index in [1.54, 1.807) is 18.2 Å². The highest BCUT2D eigenvalue weighted by Gasteiger charge is 2.18. The van der Waals surface area contributed by atoms with E-state index in [-0.39, 0.29) is 5.91 Å². The molecule has 0 saturated heterocycles. The molecule has 0 aromatic heterocycles. The lowest BCUT2D eigenvalue weighted by molar-refractivity contribution is 0.102. The highest BCUT2D eigenvalue weighted by atomic mass is 16.1. The molecule has 4 nitrogen and oxygen atoms in total. The molecule has 0 fully saturated rings. The Morgan fingerprint density at radius 2 is 1.67 bits per heavy atom. The van der Waals surface area contributed by atoms with E-state index in [4.69, 9.17) is 5.26 Å². The van der Waals surface area contributed by atoms with E-state index in [1.807, 2.05) is 30.3 Å². The molecule has 2 N–H and O–H groups in total. The van der Waals surface area contributed by atoms with Crippen molar-refractivity contribution >= 4 is 23.0 Å². The van der Waals surface area contributed by atoms with Crippen molar-refractivity contribution in [2.75, 3.05) is 10.6 Å². The lowest BCUT2D eigenvalue weighted by atomic mass is 10.1. The molecule has 3 rings (SSSR count). The van der Waals surface area contributed by atoms with Crippen molar-refractivity contribution < 1.29 is 4.79 Å². The van der Waals surface area contributed by atoms with Crippen LogP contribution in [-0.4, -0.2) is 5.91 Å². The van der Waals surface area contributed by atoms with Gasteiger partial charge in [0, 0.05) is 0 Å². The molecule has 18 heavy (non-hydrogen) atoms. The van der Waals surface area contributed by atoms with E-state index < -0.39 is 0 Å². The van der Waals surface area contributed by atoms with Crippen molar-refractivity contribution in [3.63, 3.8) is 0 Å². The minimum absolute atomic E-state index is 0.209. The topological polar surface area (TPSA) is 64.9 Å². The Bertz CT molecular complexity index is 686. The second-order valence-corrected chi connectivity index (χ2v) is 4.00. The van der Waals surface area contributed by atoms with Crippen LogP contribution < -0.4 is 10.6 Å². The molecule has 0 atom stereocenters. The van der Waals surface area contributed by atoms with Gasteiger partial charge < -0.3 is 10.6 Å². The molecule has 0 radical (unpaired) electrons. The summed E-state index contributed by atoms with van der Waals surface area (Å²) in [6, 6.07) is 14.5. The van der Waals surface area contributed by atoms with Crippen molar-refractivity contribution in [2.24, 2.45) is 0 Å². The van der Waals surface area contributed by atoms with Crippen molar-refractivity contribution in [3.05, 3.63) is 53.6 Å². The molecule has 1 aliphatic heterocycles. The molecule has 0 saturated carbocycles. The van der Waals surface area contributed by atoms with Crippen molar-refractivity contribution in [3.8, 4) is 6.07 Å². The number of carbonyl (C=O) groups excluding carboxylic acids is 1. The summed E-state index contributed by atoms with van der Waals surface area (Å²) in [7, 11) is 0. The van der Waals surface area contributed by atoms with Crippen LogP contribution in [0.3, 0.4) is 0 Å². The number of carbonyl (C=O) groups is 1. The summed E-state index contributed by atoms with van der Waals surface area (Å²) in [6.07, 6.45) is 0. The molecule has 4 heteroatoms. The zero-order valence-corrected chi connectivity index (χ0v) is 9.40. The molecule has 2 aromatic rings. The second-order valence-electron chi connectivity index (χ2n) is 4.00. The number of rotatable bonds is 0. The smallest absolute Gasteiger partial charge is 0.257 e. The van der Waals surface area contributed by atoms with E-state index >= 15 is 0 Å². The number of nitriles is 1. The van der Waals surface area contributed by atoms with E-state index in [2.05, 4.69) is 10.6 Å². The van der Waals surface area contributed by atoms with Crippen LogP contribution in [0.5, 0.6) is 0 Å². The van der Waals surface area contributed by atoms with Crippen molar-refractivity contribution in [1.82, 2.24) is 0 Å². The number of nitrogens with zero attached hydrogens (tertiary/aromatic N) is 1. The highest BCUT2D eigenvalue weighted by Crippen LogP contribution is 2.31. The lowest BCUT2D eigenvalue weighted by Gasteiger charge is -2.07. The minimum atomic E-state index is -0.209. The first-order valence-corrected chi connectivity index (χ1v) is 5.49. The zero-order valence-electron chi connectivity index (χ0n) is 9.40. The third-order valence-corrected chi connectivity index (χ3v) is 2.84. The first-order chi connectivity index (χ1) is 8.78. The van der Waals surface area contributed by atoms with Gasteiger partial charge in [0.2, 0.25) is 0 Å². The minimum Gasteiger partial charge on any atom is -0.353 e. The molecular weight excluding hydrogens is 226 g/mol. The molecule has 1 heterocycles. The summed E-state index contributed by atoms with van der Waals surface area (Å²) in [4.78, 5) is 12.1. The molecule has 0 unspecified atom stereocenters. The van der Waals surface area contributed by atoms with E-state index in [1.165, 1.54) is 0 Å². The maximum Gasteiger partial charge on any atom is 0.257 e. The van der Waals surface area contributed by atoms with Crippen molar-refractivity contribution in [2.45, 2.75) is 0 Å². The van der Waals surface area contributed by atoms with Gasteiger partial charge in [-0.1, -0.05) is 12.1 Å². The van der Waals surface area contributed by atoms with Crippen LogP contribution in [0.1, 0.15) is 15.9 Å². The SMILES string of the molecule is N#Cc1ccc2c(c1)C(=O)Nc1ccccc1N2. The van der Waals surface area contributed by atoms with Crippen LogP contribution in [-0.2, 0) is 0 Å². The number of hydrogen-bond acceptors (Lipinski definition) is 3. The second kappa shape index (κ2) is 3.90. The number of nitrogens with one attached hydrogen (secondary N) is 2. The number of amides is 1. The predicted molar refractivity (Wildman–Crippen MR) is 68.8 cm³/mol. The van der Waals surface area contributed by atoms with Crippen LogP contribution in [0, 0.1) is 11.3 Å². The first-order valence-electron chi connectivity index (χ1n) is 5.49. The summed E-state index contributed by atoms with van der Waals surface area (Å²) in [5.41, 5.74) is 3.23. The fraction of sp³-hybridized carbons (Fsp3) is 0. The van der Waals surface area contributed by atoms with E-state index in [9.17, 15) is 4.79 Å². The van der Waals surface area contributed by atoms with Gasteiger partial charge >= 0.3 is 0 Å². The van der Waals surface area contributed by atoms with Crippen LogP contribution in [0.4, 0.5) is 17.1 Å². The number of fused-ring (bicyclic) bond motifs is 2. The Labute approximate surface area is 104 Å². The molecule has 86 valence electrons. The fourth-order valence-corrected chi connectivity index (χ4v) is 1.95. The summed E-state index contributed by atoms with van der Waals surface area (Å²) >= 11 is 0. The van der Waals surface area contributed by atoms with Gasteiger partial charge in [-0.25, -0.2) is 0 Å². The Morgan fingerprint density at radius 3 is 2.39 bits per heavy atom. The van der Waals surface area contributed by atoms with Gasteiger partial charge in [-0.05, 0) is 30.3 Å². The van der Waals surface area contributed by atoms with Crippen LogP contribution in [0.25, 0.3) is 0 Å². The Balaban J connectivity index is 2.16. The van der Waals surface area contributed by atoms with Crippen LogP contribution >= 0.6 is 0 Å². The predicted octanol–water partition coefficient (Wildman–Crippen LogP) is 2.87. The quantitative estimate of drug-likeness (QED) is 0.737. The number of benzene rings is 2. The lowest BCUT2D eigenvalue weighted by Crippen LogP contribution is -2.10. The van der Waals surface area contributed by atoms with Gasteiger partial charge in [0.05, 0.1) is 34.3 Å². The highest BCUT2D eigenvalue weighted by molar-refractivity contribution is 6.12. The Morgan fingerprint density at radius 1 is 0.944 bits per heavy atom. The summed E-state index contributed by atoms with van der Waals surface area (Å²) in [5.74, 6) is -0.209. The maximum absolute atomic E-state index is 12.1. The number of anilines is 3. The van der Waals surface area contributed by atoms with E-state index in [0.717, 1.165) is 11.4 Å². The first kappa shape index (κ1) is 10.4. The molecule has 2 aromatic carbocycles. The van der Waals surface area contributed by atoms with Gasteiger partial charge in [0.1, 0.15) is 0 Å². The number of hydrogen-bond donors (Lipinski definition) is 2. The fourth-order valence-electron chi connectivity index (χ4n) is 1.95. The molecule has 0 bridgehead atoms. The molecular formula is C14H9N3O. The molecule has 1 aliphatic rings. The van der Waals surface area contributed by atoms with E-state index in [0.29, 0.717) is 16.8 Å².